The van der Waals surface area contributed by atoms with E-state index in [1.54, 1.807) is 24.4 Å². The van der Waals surface area contributed by atoms with Crippen LogP contribution in [0.3, 0.4) is 0 Å². The topological polar surface area (TPSA) is 81.3 Å². The summed E-state index contributed by atoms with van der Waals surface area (Å²) in [4.78, 5) is 34.4. The van der Waals surface area contributed by atoms with Crippen LogP contribution in [0.25, 0.3) is 21.5 Å². The molecule has 0 bridgehead atoms. The first-order chi connectivity index (χ1) is 16.2. The lowest BCUT2D eigenvalue weighted by molar-refractivity contribution is -0.274. The van der Waals surface area contributed by atoms with E-state index in [4.69, 9.17) is 4.74 Å². The third kappa shape index (κ3) is 4.16. The number of rotatable bonds is 4. The van der Waals surface area contributed by atoms with Crippen molar-refractivity contribution in [1.82, 2.24) is 9.97 Å². The number of methoxy groups -OCH3 is 1. The van der Waals surface area contributed by atoms with Crippen molar-refractivity contribution in [3.05, 3.63) is 75.0 Å². The lowest BCUT2D eigenvalue weighted by Crippen LogP contribution is -2.27. The van der Waals surface area contributed by atoms with Crippen molar-refractivity contribution in [2.24, 2.45) is 0 Å². The summed E-state index contributed by atoms with van der Waals surface area (Å²) in [5.74, 6) is -0.109. The second-order valence-electron chi connectivity index (χ2n) is 7.89. The highest BCUT2D eigenvalue weighted by Gasteiger charge is 2.32. The van der Waals surface area contributed by atoms with E-state index in [9.17, 15) is 22.8 Å². The molecule has 1 atom stereocenters. The predicted molar refractivity (Wildman–Crippen MR) is 121 cm³/mol. The van der Waals surface area contributed by atoms with Gasteiger partial charge in [-0.1, -0.05) is 0 Å². The summed E-state index contributed by atoms with van der Waals surface area (Å²) < 4.78 is 46.3. The maximum absolute atomic E-state index is 13.0. The van der Waals surface area contributed by atoms with Crippen LogP contribution in [0.1, 0.15) is 33.3 Å². The first-order valence-electron chi connectivity index (χ1n) is 10.3. The molecule has 0 saturated heterocycles. The molecule has 0 amide bonds. The number of carbonyl (C=O) groups excluding carboxylic acids is 1. The molecule has 1 N–H and O–H groups in total. The van der Waals surface area contributed by atoms with Crippen molar-refractivity contribution in [3.63, 3.8) is 0 Å². The van der Waals surface area contributed by atoms with Crippen LogP contribution in [0.15, 0.2) is 53.5 Å². The van der Waals surface area contributed by atoms with Crippen LogP contribution in [-0.2, 0) is 6.42 Å². The largest absolute Gasteiger partial charge is 0.573 e. The Morgan fingerprint density at radius 1 is 1.06 bits per heavy atom. The van der Waals surface area contributed by atoms with Crippen molar-refractivity contribution < 1.29 is 27.4 Å². The van der Waals surface area contributed by atoms with Gasteiger partial charge in [-0.25, -0.2) is 4.98 Å². The molecule has 34 heavy (non-hydrogen) atoms. The minimum Gasteiger partial charge on any atom is -0.497 e. The number of ether oxygens (including phenoxy) is 2. The summed E-state index contributed by atoms with van der Waals surface area (Å²) in [6.07, 6.45) is -2.44. The molecule has 174 valence electrons. The van der Waals surface area contributed by atoms with Gasteiger partial charge in [0.2, 0.25) is 0 Å². The Balaban J connectivity index is 1.43. The van der Waals surface area contributed by atoms with E-state index in [1.165, 1.54) is 42.7 Å². The molecule has 0 aliphatic heterocycles. The SMILES string of the molecule is COc1ccc2c(=O)c3c([nH]c2c1)CC(c1cnc(-c2ccc(OC(F)(F)F)cc2)s1)CC3=O. The number of aromatic nitrogens is 2. The molecule has 1 aliphatic carbocycles. The van der Waals surface area contributed by atoms with Crippen molar-refractivity contribution >= 4 is 28.0 Å². The second-order valence-corrected chi connectivity index (χ2v) is 8.95. The van der Waals surface area contributed by atoms with Crippen LogP contribution in [0, 0.1) is 0 Å². The molecule has 2 heterocycles. The van der Waals surface area contributed by atoms with Gasteiger partial charge in [-0.3, -0.25) is 9.59 Å². The number of carbonyl (C=O) groups is 1. The Labute approximate surface area is 195 Å². The number of hydrogen-bond donors (Lipinski definition) is 1. The third-order valence-electron chi connectivity index (χ3n) is 5.71. The number of nitrogens with one attached hydrogen (secondary N) is 1. The molecule has 5 rings (SSSR count). The van der Waals surface area contributed by atoms with Gasteiger partial charge in [0.15, 0.2) is 11.2 Å². The molecule has 0 radical (unpaired) electrons. The average molecular weight is 486 g/mol. The van der Waals surface area contributed by atoms with Crippen molar-refractivity contribution in [2.75, 3.05) is 7.11 Å². The van der Waals surface area contributed by atoms with Crippen molar-refractivity contribution in [2.45, 2.75) is 25.1 Å². The molecule has 6 nitrogen and oxygen atoms in total. The highest BCUT2D eigenvalue weighted by atomic mass is 32.1. The average Bonchev–Trinajstić information content (AvgIpc) is 3.28. The summed E-state index contributed by atoms with van der Waals surface area (Å²) in [6.45, 7) is 0. The van der Waals surface area contributed by atoms with Crippen LogP contribution in [0.4, 0.5) is 13.2 Å². The summed E-state index contributed by atoms with van der Waals surface area (Å²) in [5.41, 5.74) is 1.72. The predicted octanol–water partition coefficient (Wildman–Crippen LogP) is 5.47. The normalized spacial score (nSPS) is 15.9. The number of hydrogen-bond acceptors (Lipinski definition) is 6. The molecular weight excluding hydrogens is 469 g/mol. The number of pyridine rings is 1. The fourth-order valence-electron chi connectivity index (χ4n) is 4.15. The number of nitrogens with zero attached hydrogens (tertiary/aromatic N) is 1. The summed E-state index contributed by atoms with van der Waals surface area (Å²) in [7, 11) is 1.54. The fraction of sp³-hybridized carbons (Fsp3) is 0.208. The molecule has 10 heteroatoms. The zero-order valence-corrected chi connectivity index (χ0v) is 18.5. The molecule has 0 spiro atoms. The van der Waals surface area contributed by atoms with Gasteiger partial charge in [0, 0.05) is 46.1 Å². The molecule has 0 saturated carbocycles. The van der Waals surface area contributed by atoms with Crippen molar-refractivity contribution in [1.29, 1.82) is 0 Å². The van der Waals surface area contributed by atoms with Gasteiger partial charge < -0.3 is 14.5 Å². The smallest absolute Gasteiger partial charge is 0.497 e. The first kappa shape index (κ1) is 22.1. The first-order valence-corrected chi connectivity index (χ1v) is 11.1. The monoisotopic (exact) mass is 486 g/mol. The maximum Gasteiger partial charge on any atom is 0.573 e. The van der Waals surface area contributed by atoms with E-state index >= 15 is 0 Å². The molecule has 2 aromatic heterocycles. The van der Waals surface area contributed by atoms with Gasteiger partial charge in [0.25, 0.3) is 0 Å². The van der Waals surface area contributed by atoms with Gasteiger partial charge in [-0.05, 0) is 42.8 Å². The maximum atomic E-state index is 13.0. The van der Waals surface area contributed by atoms with Gasteiger partial charge in [0.1, 0.15) is 16.5 Å². The Morgan fingerprint density at radius 2 is 1.79 bits per heavy atom. The quantitative estimate of drug-likeness (QED) is 0.414. The van der Waals surface area contributed by atoms with E-state index in [2.05, 4.69) is 14.7 Å². The van der Waals surface area contributed by atoms with Crippen LogP contribution >= 0.6 is 11.3 Å². The van der Waals surface area contributed by atoms with Gasteiger partial charge >= 0.3 is 6.36 Å². The number of benzene rings is 2. The van der Waals surface area contributed by atoms with Gasteiger partial charge in [0.05, 0.1) is 18.2 Å². The highest BCUT2D eigenvalue weighted by molar-refractivity contribution is 7.15. The van der Waals surface area contributed by atoms with Gasteiger partial charge in [-0.15, -0.1) is 24.5 Å². The highest BCUT2D eigenvalue weighted by Crippen LogP contribution is 2.37. The summed E-state index contributed by atoms with van der Waals surface area (Å²) in [5, 5.41) is 1.05. The number of H-pyrrole nitrogens is 1. The Morgan fingerprint density at radius 3 is 2.50 bits per heavy atom. The van der Waals surface area contributed by atoms with E-state index in [-0.39, 0.29) is 34.9 Å². The summed E-state index contributed by atoms with van der Waals surface area (Å²) in [6, 6.07) is 10.5. The fourth-order valence-corrected chi connectivity index (χ4v) is 5.17. The van der Waals surface area contributed by atoms with Crippen LogP contribution in [-0.4, -0.2) is 29.2 Å². The molecule has 0 fully saturated rings. The number of ketones is 1. The van der Waals surface area contributed by atoms with Crippen LogP contribution < -0.4 is 14.9 Å². The van der Waals surface area contributed by atoms with E-state index in [0.29, 0.717) is 39.3 Å². The zero-order chi connectivity index (χ0) is 24.0. The number of alkyl halides is 3. The zero-order valence-electron chi connectivity index (χ0n) is 17.7. The Bertz CT molecular complexity index is 1460. The number of aromatic amines is 1. The number of thiazole rings is 1. The Hall–Kier alpha value is -3.66. The second kappa shape index (κ2) is 8.28. The molecule has 2 aromatic carbocycles. The molecule has 4 aromatic rings. The minimum absolute atomic E-state index is 0.169. The number of Topliss-reactive ketones (excluding diaryl/α,β-unsaturated/α-hetero) is 1. The lowest BCUT2D eigenvalue weighted by Gasteiger charge is -2.22. The number of halogens is 3. The number of fused-ring (bicyclic) bond motifs is 2. The van der Waals surface area contributed by atoms with Crippen molar-refractivity contribution in [3.8, 4) is 22.1 Å². The van der Waals surface area contributed by atoms with E-state index < -0.39 is 6.36 Å². The lowest BCUT2D eigenvalue weighted by atomic mass is 9.84. The third-order valence-corrected chi connectivity index (χ3v) is 6.92. The standard InChI is InChI=1S/C24H17F3N2O4S/c1-32-15-6-7-16-17(10-15)29-18-8-13(9-19(30)21(18)22(16)31)20-11-28-23(34-20)12-2-4-14(5-3-12)33-24(25,26)27/h2-7,10-11,13H,8-9H2,1H3,(H,29,31). The van der Waals surface area contributed by atoms with E-state index in [0.717, 1.165) is 4.88 Å². The molecule has 1 unspecified atom stereocenters. The Kier molecular flexibility index (Phi) is 5.40. The minimum atomic E-state index is -4.75. The van der Waals surface area contributed by atoms with Gasteiger partial charge in [-0.2, -0.15) is 0 Å². The van der Waals surface area contributed by atoms with E-state index in [1.807, 2.05) is 0 Å². The summed E-state index contributed by atoms with van der Waals surface area (Å²) >= 11 is 1.36. The van der Waals surface area contributed by atoms with Crippen LogP contribution in [0.2, 0.25) is 0 Å². The van der Waals surface area contributed by atoms with Crippen LogP contribution in [0.5, 0.6) is 11.5 Å². The molecule has 1 aliphatic rings. The molecular formula is C24H17F3N2O4S.